The molecule has 2 amide bonds. The van der Waals surface area contributed by atoms with Crippen LogP contribution in [0.1, 0.15) is 26.2 Å². The molecule has 2 aliphatic rings. The number of aliphatic carboxylic acids is 1. The lowest BCUT2D eigenvalue weighted by molar-refractivity contribution is -0.145. The summed E-state index contributed by atoms with van der Waals surface area (Å²) in [4.78, 5) is 36.1. The number of rotatable bonds is 5. The van der Waals surface area contributed by atoms with E-state index in [9.17, 15) is 19.5 Å². The van der Waals surface area contributed by atoms with Crippen molar-refractivity contribution in [3.05, 3.63) is 0 Å². The quantitative estimate of drug-likeness (QED) is 0.728. The average Bonchev–Trinajstić information content (AvgIpc) is 2.99. The third kappa shape index (κ3) is 3.28. The van der Waals surface area contributed by atoms with Crippen molar-refractivity contribution in [3.8, 4) is 0 Å². The van der Waals surface area contributed by atoms with E-state index in [1.165, 1.54) is 11.9 Å². The molecule has 2 fully saturated rings. The van der Waals surface area contributed by atoms with Gasteiger partial charge in [-0.05, 0) is 38.0 Å². The van der Waals surface area contributed by atoms with Crippen LogP contribution in [0.2, 0.25) is 0 Å². The number of urea groups is 1. The fourth-order valence-corrected chi connectivity index (χ4v) is 3.58. The van der Waals surface area contributed by atoms with Crippen LogP contribution in [-0.4, -0.2) is 54.2 Å². The highest BCUT2D eigenvalue weighted by molar-refractivity contribution is 5.82. The molecule has 0 heterocycles. The molecule has 2 aliphatic carbocycles. The first-order valence-corrected chi connectivity index (χ1v) is 7.34. The van der Waals surface area contributed by atoms with Crippen molar-refractivity contribution in [2.75, 3.05) is 20.2 Å². The molecule has 7 heteroatoms. The normalized spacial score (nSPS) is 30.0. The molecule has 2 N–H and O–H groups in total. The van der Waals surface area contributed by atoms with Crippen LogP contribution in [0.5, 0.6) is 0 Å². The number of nitrogens with one attached hydrogen (secondary N) is 1. The van der Waals surface area contributed by atoms with Crippen molar-refractivity contribution in [1.82, 2.24) is 10.2 Å². The van der Waals surface area contributed by atoms with Gasteiger partial charge in [0.25, 0.3) is 0 Å². The Morgan fingerprint density at radius 2 is 1.95 bits per heavy atom. The maximum absolute atomic E-state index is 12.1. The lowest BCUT2D eigenvalue weighted by atomic mass is 9.84. The van der Waals surface area contributed by atoms with Crippen molar-refractivity contribution in [2.24, 2.45) is 17.8 Å². The summed E-state index contributed by atoms with van der Waals surface area (Å²) in [5.41, 5.74) is 0. The largest absolute Gasteiger partial charge is 0.481 e. The monoisotopic (exact) mass is 298 g/mol. The highest BCUT2D eigenvalue weighted by Gasteiger charge is 2.51. The number of likely N-dealkylation sites (N-methyl/N-ethyl adjacent to an activating group) is 1. The minimum atomic E-state index is -0.847. The maximum Gasteiger partial charge on any atom is 0.325 e. The summed E-state index contributed by atoms with van der Waals surface area (Å²) in [6, 6.07) is -0.759. The summed E-state index contributed by atoms with van der Waals surface area (Å²) in [6.45, 7) is 1.82. The number of carboxylic acid groups (broad SMARTS) is 1. The lowest BCUT2D eigenvalue weighted by Gasteiger charge is -2.30. The standard InChI is InChI=1S/C14H22N2O5/c1-3-21-10(17)7-16(2)14(20)15-12-9-5-4-8(6-9)11(12)13(18)19/h8-9,11-12H,3-7H2,1-2H3,(H,15,20)(H,18,19). The number of carboxylic acids is 1. The summed E-state index contributed by atoms with van der Waals surface area (Å²) in [7, 11) is 1.50. The Morgan fingerprint density at radius 1 is 1.29 bits per heavy atom. The number of fused-ring (bicyclic) bond motifs is 2. The first-order chi connectivity index (χ1) is 9.93. The number of carbonyl (C=O) groups excluding carboxylic acids is 2. The van der Waals surface area contributed by atoms with Gasteiger partial charge >= 0.3 is 18.0 Å². The van der Waals surface area contributed by atoms with Crippen LogP contribution in [-0.2, 0) is 14.3 Å². The van der Waals surface area contributed by atoms with Crippen LogP contribution in [0.15, 0.2) is 0 Å². The zero-order valence-electron chi connectivity index (χ0n) is 12.4. The predicted octanol–water partition coefficient (Wildman–Crippen LogP) is 0.690. The van der Waals surface area contributed by atoms with Crippen molar-refractivity contribution in [3.63, 3.8) is 0 Å². The van der Waals surface area contributed by atoms with Gasteiger partial charge in [0, 0.05) is 13.1 Å². The van der Waals surface area contributed by atoms with Gasteiger partial charge in [-0.15, -0.1) is 0 Å². The summed E-state index contributed by atoms with van der Waals surface area (Å²) < 4.78 is 4.79. The average molecular weight is 298 g/mol. The second kappa shape index (κ2) is 6.32. The van der Waals surface area contributed by atoms with E-state index in [2.05, 4.69) is 5.32 Å². The van der Waals surface area contributed by atoms with E-state index < -0.39 is 23.9 Å². The van der Waals surface area contributed by atoms with E-state index in [0.717, 1.165) is 19.3 Å². The molecule has 0 radical (unpaired) electrons. The second-order valence-electron chi connectivity index (χ2n) is 5.83. The first-order valence-electron chi connectivity index (χ1n) is 7.34. The molecule has 0 aromatic heterocycles. The van der Waals surface area contributed by atoms with Crippen LogP contribution in [0, 0.1) is 17.8 Å². The molecule has 2 rings (SSSR count). The number of amides is 2. The number of nitrogens with zero attached hydrogens (tertiary/aromatic N) is 1. The molecule has 0 spiro atoms. The predicted molar refractivity (Wildman–Crippen MR) is 73.5 cm³/mol. The van der Waals surface area contributed by atoms with Crippen molar-refractivity contribution in [2.45, 2.75) is 32.2 Å². The SMILES string of the molecule is CCOC(=O)CN(C)C(=O)NC1C2CCC(C2)C1C(=O)O. The van der Waals surface area contributed by atoms with Gasteiger partial charge in [-0.3, -0.25) is 9.59 Å². The van der Waals surface area contributed by atoms with Gasteiger partial charge in [-0.2, -0.15) is 0 Å². The minimum absolute atomic E-state index is 0.141. The van der Waals surface area contributed by atoms with E-state index >= 15 is 0 Å². The molecule has 4 unspecified atom stereocenters. The van der Waals surface area contributed by atoms with Gasteiger partial charge in [0.15, 0.2) is 0 Å². The van der Waals surface area contributed by atoms with E-state index in [0.29, 0.717) is 0 Å². The topological polar surface area (TPSA) is 95.9 Å². The first kappa shape index (κ1) is 15.6. The number of hydrogen-bond donors (Lipinski definition) is 2. The molecule has 2 saturated carbocycles. The van der Waals surface area contributed by atoms with Gasteiger partial charge in [0.05, 0.1) is 12.5 Å². The van der Waals surface area contributed by atoms with E-state index in [-0.39, 0.29) is 31.0 Å². The zero-order valence-corrected chi connectivity index (χ0v) is 12.4. The molecule has 7 nitrogen and oxygen atoms in total. The Morgan fingerprint density at radius 3 is 2.57 bits per heavy atom. The van der Waals surface area contributed by atoms with Crippen LogP contribution >= 0.6 is 0 Å². The molecular weight excluding hydrogens is 276 g/mol. The van der Waals surface area contributed by atoms with Gasteiger partial charge in [-0.1, -0.05) is 0 Å². The van der Waals surface area contributed by atoms with Crippen molar-refractivity contribution < 1.29 is 24.2 Å². The highest BCUT2D eigenvalue weighted by atomic mass is 16.5. The molecule has 0 aromatic carbocycles. The number of ether oxygens (including phenoxy) is 1. The third-order valence-electron chi connectivity index (χ3n) is 4.51. The van der Waals surface area contributed by atoms with Crippen LogP contribution < -0.4 is 5.32 Å². The summed E-state index contributed by atoms with van der Waals surface area (Å²) in [5, 5.41) is 12.1. The van der Waals surface area contributed by atoms with Crippen molar-refractivity contribution >= 4 is 18.0 Å². The van der Waals surface area contributed by atoms with Crippen LogP contribution in [0.25, 0.3) is 0 Å². The number of carbonyl (C=O) groups is 3. The molecule has 0 saturated heterocycles. The Kier molecular flexibility index (Phi) is 4.69. The highest BCUT2D eigenvalue weighted by Crippen LogP contribution is 2.48. The maximum atomic E-state index is 12.1. The van der Waals surface area contributed by atoms with E-state index in [1.807, 2.05) is 0 Å². The summed E-state index contributed by atoms with van der Waals surface area (Å²) in [6.07, 6.45) is 2.75. The summed E-state index contributed by atoms with van der Waals surface area (Å²) in [5.74, 6) is -1.44. The molecule has 21 heavy (non-hydrogen) atoms. The van der Waals surface area contributed by atoms with Crippen LogP contribution in [0.3, 0.4) is 0 Å². The Hall–Kier alpha value is -1.79. The molecule has 2 bridgehead atoms. The summed E-state index contributed by atoms with van der Waals surface area (Å²) >= 11 is 0. The molecule has 0 aliphatic heterocycles. The Balaban J connectivity index is 1.92. The second-order valence-corrected chi connectivity index (χ2v) is 5.83. The lowest BCUT2D eigenvalue weighted by Crippen LogP contribution is -2.51. The van der Waals surface area contributed by atoms with Gasteiger partial charge in [0.1, 0.15) is 6.54 Å². The Bertz CT molecular complexity index is 439. The van der Waals surface area contributed by atoms with Gasteiger partial charge in [-0.25, -0.2) is 4.79 Å². The fourth-order valence-electron chi connectivity index (χ4n) is 3.58. The number of hydrogen-bond acceptors (Lipinski definition) is 4. The van der Waals surface area contributed by atoms with Gasteiger partial charge < -0.3 is 20.1 Å². The molecular formula is C14H22N2O5. The Labute approximate surface area is 123 Å². The molecule has 0 aromatic rings. The fraction of sp³-hybridized carbons (Fsp3) is 0.786. The van der Waals surface area contributed by atoms with Crippen molar-refractivity contribution in [1.29, 1.82) is 0 Å². The van der Waals surface area contributed by atoms with E-state index in [1.54, 1.807) is 6.92 Å². The zero-order chi connectivity index (χ0) is 15.6. The number of esters is 1. The third-order valence-corrected chi connectivity index (χ3v) is 4.51. The van der Waals surface area contributed by atoms with Gasteiger partial charge in [0.2, 0.25) is 0 Å². The van der Waals surface area contributed by atoms with E-state index in [4.69, 9.17) is 4.74 Å². The smallest absolute Gasteiger partial charge is 0.325 e. The van der Waals surface area contributed by atoms with Crippen LogP contribution in [0.4, 0.5) is 4.79 Å². The molecule has 118 valence electrons. The molecule has 4 atom stereocenters. The minimum Gasteiger partial charge on any atom is -0.481 e.